The molecule has 96 valence electrons. The van der Waals surface area contributed by atoms with E-state index in [9.17, 15) is 0 Å². The fraction of sp³-hybridized carbons (Fsp3) is 0.571. The molecule has 1 rings (SSSR count). The predicted octanol–water partition coefficient (Wildman–Crippen LogP) is 1.61. The number of rotatable bonds is 3. The molecule has 3 nitrogen and oxygen atoms in total. The Labute approximate surface area is 104 Å². The molecule has 0 aromatic heterocycles. The molecule has 2 unspecified atom stereocenters. The van der Waals surface area contributed by atoms with Crippen LogP contribution in [0, 0.1) is 6.92 Å². The molecule has 0 fully saturated rings. The van der Waals surface area contributed by atoms with Crippen molar-refractivity contribution in [1.82, 2.24) is 0 Å². The van der Waals surface area contributed by atoms with E-state index in [4.69, 9.17) is 16.6 Å². The molecule has 1 aromatic rings. The van der Waals surface area contributed by atoms with Crippen LogP contribution in [-0.2, 0) is 5.41 Å². The molecule has 0 saturated carbocycles. The van der Waals surface area contributed by atoms with Gasteiger partial charge in [0.25, 0.3) is 0 Å². The molecule has 0 aliphatic rings. The van der Waals surface area contributed by atoms with E-state index >= 15 is 0 Å². The lowest BCUT2D eigenvalue weighted by Gasteiger charge is -2.24. The van der Waals surface area contributed by atoms with Crippen LogP contribution in [-0.4, -0.2) is 17.8 Å². The van der Waals surface area contributed by atoms with Crippen molar-refractivity contribution in [2.45, 2.75) is 45.2 Å². The first-order chi connectivity index (χ1) is 7.77. The molecule has 0 aliphatic heterocycles. The van der Waals surface area contributed by atoms with Gasteiger partial charge in [-0.15, -0.1) is 0 Å². The van der Waals surface area contributed by atoms with Crippen LogP contribution in [0.1, 0.15) is 43.5 Å². The monoisotopic (exact) mass is 236 g/mol. The summed E-state index contributed by atoms with van der Waals surface area (Å²) in [7, 11) is 0. The van der Waals surface area contributed by atoms with Crippen molar-refractivity contribution < 1.29 is 5.11 Å². The van der Waals surface area contributed by atoms with Gasteiger partial charge in [0, 0.05) is 12.1 Å². The van der Waals surface area contributed by atoms with Gasteiger partial charge in [0.15, 0.2) is 0 Å². The van der Waals surface area contributed by atoms with Crippen LogP contribution in [0.3, 0.4) is 0 Å². The number of nitrogens with two attached hydrogens (primary N) is 2. The van der Waals surface area contributed by atoms with Gasteiger partial charge < -0.3 is 16.6 Å². The van der Waals surface area contributed by atoms with E-state index < -0.39 is 6.04 Å². The summed E-state index contributed by atoms with van der Waals surface area (Å²) in [5.74, 6) is 0. The summed E-state index contributed by atoms with van der Waals surface area (Å²) >= 11 is 0. The summed E-state index contributed by atoms with van der Waals surface area (Å²) in [5.41, 5.74) is 15.3. The highest BCUT2D eigenvalue weighted by Crippen LogP contribution is 2.26. The van der Waals surface area contributed by atoms with Crippen molar-refractivity contribution in [1.29, 1.82) is 0 Å². The second-order valence-electron chi connectivity index (χ2n) is 5.69. The molecule has 0 aliphatic carbocycles. The van der Waals surface area contributed by atoms with Gasteiger partial charge in [0.05, 0.1) is 6.61 Å². The predicted molar refractivity (Wildman–Crippen MR) is 71.9 cm³/mol. The first-order valence-electron chi connectivity index (χ1n) is 6.00. The smallest absolute Gasteiger partial charge is 0.0601 e. The number of aliphatic hydroxyl groups excluding tert-OH is 1. The molecule has 2 atom stereocenters. The van der Waals surface area contributed by atoms with Gasteiger partial charge in [-0.2, -0.15) is 0 Å². The summed E-state index contributed by atoms with van der Waals surface area (Å²) in [6.45, 7) is 8.48. The number of benzene rings is 1. The topological polar surface area (TPSA) is 72.3 Å². The minimum atomic E-state index is -0.408. The maximum Gasteiger partial charge on any atom is 0.0601 e. The van der Waals surface area contributed by atoms with Crippen molar-refractivity contribution >= 4 is 0 Å². The van der Waals surface area contributed by atoms with Crippen LogP contribution in [0.25, 0.3) is 0 Å². The van der Waals surface area contributed by atoms with Crippen molar-refractivity contribution in [3.8, 4) is 0 Å². The quantitative estimate of drug-likeness (QED) is 0.746. The zero-order valence-corrected chi connectivity index (χ0v) is 11.2. The van der Waals surface area contributed by atoms with Crippen molar-refractivity contribution in [3.63, 3.8) is 0 Å². The maximum absolute atomic E-state index is 9.04. The number of aryl methyl sites for hydroxylation is 1. The highest BCUT2D eigenvalue weighted by Gasteiger charge is 2.19. The first-order valence-corrected chi connectivity index (χ1v) is 6.00. The van der Waals surface area contributed by atoms with E-state index in [-0.39, 0.29) is 18.1 Å². The fourth-order valence-corrected chi connectivity index (χ4v) is 1.86. The molecule has 1 aromatic carbocycles. The van der Waals surface area contributed by atoms with E-state index in [1.165, 1.54) is 5.56 Å². The first kappa shape index (κ1) is 14.2. The Morgan fingerprint density at radius 3 is 2.24 bits per heavy atom. The largest absolute Gasteiger partial charge is 0.395 e. The van der Waals surface area contributed by atoms with Crippen molar-refractivity contribution in [2.24, 2.45) is 11.5 Å². The Balaban J connectivity index is 3.06. The molecule has 0 saturated heterocycles. The number of hydrogen-bond donors (Lipinski definition) is 3. The van der Waals surface area contributed by atoms with E-state index in [1.807, 2.05) is 13.0 Å². The third kappa shape index (κ3) is 3.28. The van der Waals surface area contributed by atoms with Crippen LogP contribution >= 0.6 is 0 Å². The molecule has 0 heterocycles. The number of aliphatic hydroxyl groups is 1. The summed E-state index contributed by atoms with van der Waals surface area (Å²) in [4.78, 5) is 0. The van der Waals surface area contributed by atoms with E-state index in [2.05, 4.69) is 32.9 Å². The second-order valence-corrected chi connectivity index (χ2v) is 5.69. The average molecular weight is 236 g/mol. The molecule has 0 spiro atoms. The maximum atomic E-state index is 9.04. The lowest BCUT2D eigenvalue weighted by molar-refractivity contribution is 0.249. The fourth-order valence-electron chi connectivity index (χ4n) is 1.86. The zero-order chi connectivity index (χ0) is 13.2. The van der Waals surface area contributed by atoms with Crippen LogP contribution in [0.2, 0.25) is 0 Å². The van der Waals surface area contributed by atoms with Gasteiger partial charge in [0.1, 0.15) is 0 Å². The minimum Gasteiger partial charge on any atom is -0.395 e. The van der Waals surface area contributed by atoms with E-state index in [1.54, 1.807) is 0 Å². The van der Waals surface area contributed by atoms with Gasteiger partial charge in [-0.1, -0.05) is 39.0 Å². The highest BCUT2D eigenvalue weighted by molar-refractivity contribution is 5.36. The molecule has 0 radical (unpaired) electrons. The molecule has 5 N–H and O–H groups in total. The standard InChI is InChI=1S/C14H24N2O/c1-9-7-10(14(2,3)4)5-6-11(9)13(16)12(15)8-17/h5-7,12-13,17H,8,15-16H2,1-4H3. The number of hydrogen-bond acceptors (Lipinski definition) is 3. The Bertz CT molecular complexity index is 382. The third-order valence-corrected chi connectivity index (χ3v) is 3.17. The lowest BCUT2D eigenvalue weighted by Crippen LogP contribution is -2.37. The lowest BCUT2D eigenvalue weighted by atomic mass is 9.84. The highest BCUT2D eigenvalue weighted by atomic mass is 16.3. The summed E-state index contributed by atoms with van der Waals surface area (Å²) < 4.78 is 0. The van der Waals surface area contributed by atoms with Gasteiger partial charge in [-0.3, -0.25) is 0 Å². The van der Waals surface area contributed by atoms with Crippen LogP contribution in [0.4, 0.5) is 0 Å². The molecule has 0 bridgehead atoms. The van der Waals surface area contributed by atoms with Crippen molar-refractivity contribution in [3.05, 3.63) is 34.9 Å². The van der Waals surface area contributed by atoms with Gasteiger partial charge in [0.2, 0.25) is 0 Å². The minimum absolute atomic E-state index is 0.0956. The zero-order valence-electron chi connectivity index (χ0n) is 11.2. The Kier molecular flexibility index (Phi) is 4.31. The molecular weight excluding hydrogens is 212 g/mol. The van der Waals surface area contributed by atoms with Gasteiger partial charge in [-0.05, 0) is 29.0 Å². The Morgan fingerprint density at radius 1 is 1.24 bits per heavy atom. The Hall–Kier alpha value is -0.900. The van der Waals surface area contributed by atoms with E-state index in [0.717, 1.165) is 11.1 Å². The molecule has 0 amide bonds. The van der Waals surface area contributed by atoms with Crippen LogP contribution < -0.4 is 11.5 Å². The van der Waals surface area contributed by atoms with Crippen molar-refractivity contribution in [2.75, 3.05) is 6.61 Å². The van der Waals surface area contributed by atoms with Crippen LogP contribution in [0.15, 0.2) is 18.2 Å². The van der Waals surface area contributed by atoms with Gasteiger partial charge in [-0.25, -0.2) is 0 Å². The Morgan fingerprint density at radius 2 is 1.82 bits per heavy atom. The third-order valence-electron chi connectivity index (χ3n) is 3.17. The SMILES string of the molecule is Cc1cc(C(C)(C)C)ccc1C(N)C(N)CO. The van der Waals surface area contributed by atoms with E-state index in [0.29, 0.717) is 0 Å². The molecule has 3 heteroatoms. The average Bonchev–Trinajstić information content (AvgIpc) is 2.25. The van der Waals surface area contributed by atoms with Crippen LogP contribution in [0.5, 0.6) is 0 Å². The summed E-state index contributed by atoms with van der Waals surface area (Å²) in [5, 5.41) is 9.04. The normalized spacial score (nSPS) is 15.7. The second kappa shape index (κ2) is 5.17. The molecular formula is C14H24N2O. The summed E-state index contributed by atoms with van der Waals surface area (Å²) in [6.07, 6.45) is 0. The molecule has 17 heavy (non-hydrogen) atoms. The summed E-state index contributed by atoms with van der Waals surface area (Å²) in [6, 6.07) is 5.55. The van der Waals surface area contributed by atoms with Gasteiger partial charge >= 0.3 is 0 Å².